The van der Waals surface area contributed by atoms with E-state index in [0.717, 1.165) is 11.5 Å². The van der Waals surface area contributed by atoms with E-state index < -0.39 is 10.0 Å². The number of benzene rings is 2. The maximum absolute atomic E-state index is 12.2. The van der Waals surface area contributed by atoms with Crippen molar-refractivity contribution in [1.29, 1.82) is 0 Å². The molecule has 0 saturated carbocycles. The molecule has 0 aliphatic heterocycles. The van der Waals surface area contributed by atoms with Crippen LogP contribution in [0.1, 0.15) is 34.6 Å². The first-order chi connectivity index (χ1) is 12.1. The summed E-state index contributed by atoms with van der Waals surface area (Å²) in [5.74, 6) is 1.58. The fourth-order valence-electron chi connectivity index (χ4n) is 2.24. The molecule has 134 valence electrons. The number of esters is 2. The van der Waals surface area contributed by atoms with Gasteiger partial charge in [0.05, 0.1) is 11.1 Å². The molecule has 0 aliphatic carbocycles. The number of rotatable bonds is 8. The monoisotopic (exact) mass is 360 g/mol. The Morgan fingerprint density at radius 3 is 1.40 bits per heavy atom. The molecule has 0 fully saturated rings. The molecule has 0 spiro atoms. The van der Waals surface area contributed by atoms with Crippen molar-refractivity contribution >= 4 is 22.0 Å². The van der Waals surface area contributed by atoms with Gasteiger partial charge in [0, 0.05) is 0 Å². The standard InChI is InChI=1S/C20H24O4S/c1-3-25(4-2,15-23-19(21)17-11-7-5-8-12-17)16-24-20(22)18-13-9-6-10-14-18/h5-14H,3-4,15-16H2,1-2H3. The van der Waals surface area contributed by atoms with Crippen LogP contribution in [0.4, 0.5) is 0 Å². The van der Waals surface area contributed by atoms with Crippen LogP contribution in [0.25, 0.3) is 0 Å². The Kier molecular flexibility index (Phi) is 7.07. The van der Waals surface area contributed by atoms with Crippen molar-refractivity contribution in [3.63, 3.8) is 0 Å². The third-order valence-corrected chi connectivity index (χ3v) is 7.81. The van der Waals surface area contributed by atoms with Crippen LogP contribution in [-0.2, 0) is 9.47 Å². The molecule has 0 aromatic heterocycles. The van der Waals surface area contributed by atoms with Crippen molar-refractivity contribution in [2.45, 2.75) is 13.8 Å². The van der Waals surface area contributed by atoms with Crippen LogP contribution in [0.2, 0.25) is 0 Å². The normalized spacial score (nSPS) is 11.6. The molecule has 0 saturated heterocycles. The molecule has 0 amide bonds. The van der Waals surface area contributed by atoms with E-state index in [0.29, 0.717) is 23.0 Å². The third kappa shape index (κ3) is 5.36. The van der Waals surface area contributed by atoms with Crippen LogP contribution in [0.15, 0.2) is 60.7 Å². The molecular formula is C20H24O4S. The van der Waals surface area contributed by atoms with E-state index in [1.807, 2.05) is 26.0 Å². The fourth-order valence-corrected chi connectivity index (χ4v) is 4.10. The molecule has 5 heteroatoms. The number of ether oxygens (including phenoxy) is 2. The van der Waals surface area contributed by atoms with E-state index >= 15 is 0 Å². The van der Waals surface area contributed by atoms with Gasteiger partial charge in [0.1, 0.15) is 11.9 Å². The van der Waals surface area contributed by atoms with E-state index in [1.54, 1.807) is 48.5 Å². The Hall–Kier alpha value is -2.27. The Balaban J connectivity index is 1.95. The zero-order valence-corrected chi connectivity index (χ0v) is 15.5. The van der Waals surface area contributed by atoms with Crippen LogP contribution >= 0.6 is 10.0 Å². The van der Waals surface area contributed by atoms with Gasteiger partial charge in [-0.3, -0.25) is 0 Å². The average Bonchev–Trinajstić information content (AvgIpc) is 2.69. The summed E-state index contributed by atoms with van der Waals surface area (Å²) in [5, 5.41) is 0. The number of carbonyl (C=O) groups is 2. The SMILES string of the molecule is CCS(CC)(COC(=O)c1ccccc1)COC(=O)c1ccccc1. The molecule has 0 atom stereocenters. The first-order valence-electron chi connectivity index (χ1n) is 8.28. The highest BCUT2D eigenvalue weighted by atomic mass is 32.3. The van der Waals surface area contributed by atoms with Gasteiger partial charge in [0.2, 0.25) is 0 Å². The molecule has 0 heterocycles. The lowest BCUT2D eigenvalue weighted by molar-refractivity contribution is 0.0558. The van der Waals surface area contributed by atoms with E-state index in [1.165, 1.54) is 0 Å². The summed E-state index contributed by atoms with van der Waals surface area (Å²) in [6, 6.07) is 17.8. The van der Waals surface area contributed by atoms with Gasteiger partial charge in [-0.15, -0.1) is 0 Å². The predicted molar refractivity (Wildman–Crippen MR) is 102 cm³/mol. The molecule has 0 bridgehead atoms. The van der Waals surface area contributed by atoms with Crippen molar-refractivity contribution in [3.05, 3.63) is 71.8 Å². The van der Waals surface area contributed by atoms with Crippen LogP contribution < -0.4 is 0 Å². The first-order valence-corrected chi connectivity index (χ1v) is 10.6. The number of hydrogen-bond acceptors (Lipinski definition) is 4. The summed E-state index contributed by atoms with van der Waals surface area (Å²) in [4.78, 5) is 24.3. The van der Waals surface area contributed by atoms with Gasteiger partial charge in [0.15, 0.2) is 0 Å². The molecule has 2 aromatic carbocycles. The Morgan fingerprint density at radius 2 is 1.08 bits per heavy atom. The topological polar surface area (TPSA) is 52.6 Å². The predicted octanol–water partition coefficient (Wildman–Crippen LogP) is 4.46. The molecule has 4 nitrogen and oxygen atoms in total. The van der Waals surface area contributed by atoms with E-state index in [2.05, 4.69) is 0 Å². The molecule has 0 unspecified atom stereocenters. The third-order valence-electron chi connectivity index (χ3n) is 4.12. The van der Waals surface area contributed by atoms with Gasteiger partial charge in [-0.1, -0.05) is 50.2 Å². The van der Waals surface area contributed by atoms with E-state index in [-0.39, 0.29) is 11.9 Å². The van der Waals surface area contributed by atoms with Crippen LogP contribution in [0, 0.1) is 0 Å². The zero-order chi connectivity index (χ0) is 18.1. The van der Waals surface area contributed by atoms with Gasteiger partial charge in [-0.05, 0) is 35.8 Å². The van der Waals surface area contributed by atoms with Crippen molar-refractivity contribution in [3.8, 4) is 0 Å². The summed E-state index contributed by atoms with van der Waals surface area (Å²) >= 11 is 0. The summed E-state index contributed by atoms with van der Waals surface area (Å²) in [6.07, 6.45) is 0. The smallest absolute Gasteiger partial charge is 0.338 e. The summed E-state index contributed by atoms with van der Waals surface area (Å²) in [7, 11) is -1.36. The Bertz CT molecular complexity index is 624. The summed E-state index contributed by atoms with van der Waals surface area (Å²) in [5.41, 5.74) is 1.06. The van der Waals surface area contributed by atoms with Gasteiger partial charge in [-0.2, -0.15) is 10.0 Å². The van der Waals surface area contributed by atoms with Gasteiger partial charge >= 0.3 is 11.9 Å². The number of carbonyl (C=O) groups excluding carboxylic acids is 2. The highest BCUT2D eigenvalue weighted by Crippen LogP contribution is 2.47. The average molecular weight is 360 g/mol. The highest BCUT2D eigenvalue weighted by molar-refractivity contribution is 8.33. The lowest BCUT2D eigenvalue weighted by Crippen LogP contribution is -2.22. The molecule has 0 N–H and O–H groups in total. The minimum Gasteiger partial charge on any atom is -0.452 e. The fraction of sp³-hybridized carbons (Fsp3) is 0.300. The summed E-state index contributed by atoms with van der Waals surface area (Å²) < 4.78 is 11.0. The van der Waals surface area contributed by atoms with Gasteiger partial charge in [0.25, 0.3) is 0 Å². The maximum Gasteiger partial charge on any atom is 0.338 e. The second-order valence-corrected chi connectivity index (χ2v) is 9.71. The molecule has 2 aromatic rings. The molecule has 0 radical (unpaired) electrons. The Labute approximate surface area is 150 Å². The second kappa shape index (κ2) is 9.28. The molecule has 25 heavy (non-hydrogen) atoms. The zero-order valence-electron chi connectivity index (χ0n) is 14.6. The van der Waals surface area contributed by atoms with E-state index in [4.69, 9.17) is 9.47 Å². The van der Waals surface area contributed by atoms with Crippen molar-refractivity contribution in [1.82, 2.24) is 0 Å². The summed E-state index contributed by atoms with van der Waals surface area (Å²) in [6.45, 7) is 4.09. The number of hydrogen-bond donors (Lipinski definition) is 0. The van der Waals surface area contributed by atoms with Crippen LogP contribution in [0.3, 0.4) is 0 Å². The lowest BCUT2D eigenvalue weighted by atomic mass is 10.2. The van der Waals surface area contributed by atoms with Crippen molar-refractivity contribution < 1.29 is 19.1 Å². The maximum atomic E-state index is 12.2. The molecular weight excluding hydrogens is 336 g/mol. The quantitative estimate of drug-likeness (QED) is 0.652. The van der Waals surface area contributed by atoms with Gasteiger partial charge < -0.3 is 9.47 Å². The highest BCUT2D eigenvalue weighted by Gasteiger charge is 2.25. The van der Waals surface area contributed by atoms with E-state index in [9.17, 15) is 9.59 Å². The largest absolute Gasteiger partial charge is 0.452 e. The van der Waals surface area contributed by atoms with Crippen molar-refractivity contribution in [2.24, 2.45) is 0 Å². The Morgan fingerprint density at radius 1 is 0.720 bits per heavy atom. The lowest BCUT2D eigenvalue weighted by Gasteiger charge is -2.36. The van der Waals surface area contributed by atoms with Crippen molar-refractivity contribution in [2.75, 3.05) is 23.4 Å². The van der Waals surface area contributed by atoms with Gasteiger partial charge in [-0.25, -0.2) is 9.59 Å². The first kappa shape index (κ1) is 19.1. The molecule has 2 rings (SSSR count). The van der Waals surface area contributed by atoms with Crippen LogP contribution in [0.5, 0.6) is 0 Å². The minimum absolute atomic E-state index is 0.301. The minimum atomic E-state index is -1.36. The van der Waals surface area contributed by atoms with Crippen LogP contribution in [-0.4, -0.2) is 35.3 Å². The second-order valence-electron chi connectivity index (χ2n) is 5.63. The molecule has 0 aliphatic rings.